The lowest BCUT2D eigenvalue weighted by Gasteiger charge is -2.38. The molecule has 1 atom stereocenters. The Labute approximate surface area is 199 Å². The number of benzene rings is 2. The Morgan fingerprint density at radius 2 is 1.91 bits per heavy atom. The average molecular weight is 459 g/mol. The molecule has 0 saturated heterocycles. The minimum absolute atomic E-state index is 0.112. The van der Waals surface area contributed by atoms with E-state index in [0.29, 0.717) is 18.1 Å². The van der Waals surface area contributed by atoms with Gasteiger partial charge in [-0.1, -0.05) is 43.3 Å². The minimum atomic E-state index is -0.215. The molecule has 1 saturated carbocycles. The number of carbonyl (C=O) groups is 2. The Morgan fingerprint density at radius 3 is 2.68 bits per heavy atom. The highest BCUT2D eigenvalue weighted by Gasteiger charge is 2.39. The van der Waals surface area contributed by atoms with Gasteiger partial charge in [0.05, 0.1) is 6.04 Å². The third-order valence-corrected chi connectivity index (χ3v) is 6.47. The van der Waals surface area contributed by atoms with Crippen LogP contribution in [0.2, 0.25) is 0 Å². The van der Waals surface area contributed by atoms with Crippen LogP contribution in [0, 0.1) is 5.92 Å². The molecular weight excluding hydrogens is 428 g/mol. The summed E-state index contributed by atoms with van der Waals surface area (Å²) in [6.45, 7) is 3.57. The van der Waals surface area contributed by atoms with Crippen LogP contribution in [0.25, 0.3) is 0 Å². The molecule has 0 unspecified atom stereocenters. The lowest BCUT2D eigenvalue weighted by Crippen LogP contribution is -2.41. The van der Waals surface area contributed by atoms with E-state index in [1.807, 2.05) is 36.1 Å². The van der Waals surface area contributed by atoms with Crippen LogP contribution in [-0.4, -0.2) is 29.8 Å². The maximum absolute atomic E-state index is 13.1. The second-order valence-corrected chi connectivity index (χ2v) is 9.04. The van der Waals surface area contributed by atoms with Crippen molar-refractivity contribution in [3.63, 3.8) is 0 Å². The summed E-state index contributed by atoms with van der Waals surface area (Å²) < 4.78 is 11.7. The molecule has 2 heterocycles. The zero-order valence-corrected chi connectivity index (χ0v) is 19.5. The van der Waals surface area contributed by atoms with Crippen molar-refractivity contribution >= 4 is 11.8 Å². The summed E-state index contributed by atoms with van der Waals surface area (Å²) in [4.78, 5) is 27.3. The lowest BCUT2D eigenvalue weighted by molar-refractivity contribution is -0.134. The van der Waals surface area contributed by atoms with Crippen molar-refractivity contribution in [3.8, 4) is 5.75 Å². The van der Waals surface area contributed by atoms with E-state index in [1.165, 1.54) is 5.56 Å². The third kappa shape index (κ3) is 4.72. The van der Waals surface area contributed by atoms with Crippen LogP contribution >= 0.6 is 0 Å². The molecule has 2 aromatic carbocycles. The number of amides is 2. The molecule has 176 valence electrons. The maximum Gasteiger partial charge on any atom is 0.286 e. The van der Waals surface area contributed by atoms with Crippen LogP contribution in [0.3, 0.4) is 0 Å². The number of nitrogens with one attached hydrogen (secondary N) is 1. The fraction of sp³-hybridized carbons (Fsp3) is 0.357. The molecular formula is C28H30N2O4. The molecule has 1 aromatic heterocycles. The van der Waals surface area contributed by atoms with Crippen molar-refractivity contribution in [3.05, 3.63) is 88.9 Å². The Balaban J connectivity index is 1.36. The summed E-state index contributed by atoms with van der Waals surface area (Å²) in [7, 11) is 0. The number of fused-ring (bicyclic) bond motifs is 1. The van der Waals surface area contributed by atoms with Crippen molar-refractivity contribution < 1.29 is 18.7 Å². The minimum Gasteiger partial charge on any atom is -0.486 e. The van der Waals surface area contributed by atoms with E-state index in [1.54, 1.807) is 12.1 Å². The van der Waals surface area contributed by atoms with E-state index in [0.717, 1.165) is 43.4 Å². The van der Waals surface area contributed by atoms with Crippen LogP contribution in [0.1, 0.15) is 65.2 Å². The zero-order valence-electron chi connectivity index (χ0n) is 19.5. The standard InChI is InChI=1S/C28H30N2O4/c1-2-15-29-27(31)25-13-12-23(34-25)18-33-22-11-10-19-14-16-30(28(32)21-8-9-21)26(24(19)17-22)20-6-4-3-5-7-20/h3-7,10-13,17,21,26H,2,8-9,14-16,18H2,1H3,(H,29,31)/t26-/m1/s1. The van der Waals surface area contributed by atoms with Crippen molar-refractivity contribution in [1.29, 1.82) is 0 Å². The number of carbonyl (C=O) groups excluding carboxylic acids is 2. The van der Waals surface area contributed by atoms with Crippen molar-refractivity contribution in [2.24, 2.45) is 5.92 Å². The van der Waals surface area contributed by atoms with E-state index in [4.69, 9.17) is 9.15 Å². The third-order valence-electron chi connectivity index (χ3n) is 6.47. The van der Waals surface area contributed by atoms with Crippen molar-refractivity contribution in [2.75, 3.05) is 13.1 Å². The molecule has 6 nitrogen and oxygen atoms in total. The molecule has 1 aliphatic carbocycles. The summed E-state index contributed by atoms with van der Waals surface area (Å²) in [5, 5.41) is 2.81. The predicted molar refractivity (Wildman–Crippen MR) is 129 cm³/mol. The van der Waals surface area contributed by atoms with E-state index in [2.05, 4.69) is 29.6 Å². The molecule has 0 radical (unpaired) electrons. The van der Waals surface area contributed by atoms with Gasteiger partial charge >= 0.3 is 0 Å². The Kier molecular flexibility index (Phi) is 6.39. The topological polar surface area (TPSA) is 71.8 Å². The average Bonchev–Trinajstić information content (AvgIpc) is 3.62. The smallest absolute Gasteiger partial charge is 0.286 e. The van der Waals surface area contributed by atoms with E-state index in [-0.39, 0.29) is 36.1 Å². The number of hydrogen-bond donors (Lipinski definition) is 1. The zero-order chi connectivity index (χ0) is 23.5. The summed E-state index contributed by atoms with van der Waals surface area (Å²) in [5.74, 6) is 1.81. The summed E-state index contributed by atoms with van der Waals surface area (Å²) in [5.41, 5.74) is 3.47. The Morgan fingerprint density at radius 1 is 1.09 bits per heavy atom. The largest absolute Gasteiger partial charge is 0.486 e. The van der Waals surface area contributed by atoms with Crippen LogP contribution in [0.4, 0.5) is 0 Å². The molecule has 0 bridgehead atoms. The number of rotatable bonds is 8. The van der Waals surface area contributed by atoms with E-state index >= 15 is 0 Å². The molecule has 34 heavy (non-hydrogen) atoms. The fourth-order valence-corrected chi connectivity index (χ4v) is 4.54. The van der Waals surface area contributed by atoms with Crippen LogP contribution in [-0.2, 0) is 17.8 Å². The van der Waals surface area contributed by atoms with Gasteiger partial charge in [-0.15, -0.1) is 0 Å². The molecule has 0 spiro atoms. The Hall–Kier alpha value is -3.54. The number of nitrogens with zero attached hydrogens (tertiary/aromatic N) is 1. The maximum atomic E-state index is 13.1. The Bertz CT molecular complexity index is 1170. The van der Waals surface area contributed by atoms with Gasteiger partial charge in [-0.25, -0.2) is 0 Å². The monoisotopic (exact) mass is 458 g/mol. The summed E-state index contributed by atoms with van der Waals surface area (Å²) in [6, 6.07) is 19.7. The lowest BCUT2D eigenvalue weighted by atomic mass is 9.87. The van der Waals surface area contributed by atoms with Crippen LogP contribution in [0.5, 0.6) is 5.75 Å². The van der Waals surface area contributed by atoms with Crippen LogP contribution < -0.4 is 10.1 Å². The second-order valence-electron chi connectivity index (χ2n) is 9.04. The number of ether oxygens (including phenoxy) is 1. The molecule has 3 aromatic rings. The highest BCUT2D eigenvalue weighted by Crippen LogP contribution is 2.41. The van der Waals surface area contributed by atoms with Crippen molar-refractivity contribution in [2.45, 2.75) is 45.3 Å². The van der Waals surface area contributed by atoms with Gasteiger partial charge in [0.15, 0.2) is 5.76 Å². The first-order valence-corrected chi connectivity index (χ1v) is 12.1. The normalized spacial score (nSPS) is 17.2. The van der Waals surface area contributed by atoms with E-state index in [9.17, 15) is 9.59 Å². The van der Waals surface area contributed by atoms with Gasteiger partial charge in [0.2, 0.25) is 5.91 Å². The van der Waals surface area contributed by atoms with Gasteiger partial charge in [0, 0.05) is 19.0 Å². The van der Waals surface area contributed by atoms with Gasteiger partial charge in [0.1, 0.15) is 18.1 Å². The highest BCUT2D eigenvalue weighted by molar-refractivity contribution is 5.91. The molecule has 1 N–H and O–H groups in total. The molecule has 5 rings (SSSR count). The van der Waals surface area contributed by atoms with Crippen LogP contribution in [0.15, 0.2) is 65.1 Å². The summed E-state index contributed by atoms with van der Waals surface area (Å²) in [6.07, 6.45) is 3.70. The first-order valence-electron chi connectivity index (χ1n) is 12.1. The predicted octanol–water partition coefficient (Wildman–Crippen LogP) is 4.88. The molecule has 6 heteroatoms. The fourth-order valence-electron chi connectivity index (χ4n) is 4.54. The quantitative estimate of drug-likeness (QED) is 0.522. The second kappa shape index (κ2) is 9.75. The van der Waals surface area contributed by atoms with Gasteiger partial charge in [-0.2, -0.15) is 0 Å². The number of hydrogen-bond acceptors (Lipinski definition) is 4. The van der Waals surface area contributed by atoms with Gasteiger partial charge in [-0.3, -0.25) is 9.59 Å². The van der Waals surface area contributed by atoms with Gasteiger partial charge in [0.25, 0.3) is 5.91 Å². The van der Waals surface area contributed by atoms with Gasteiger partial charge in [-0.05, 0) is 66.6 Å². The van der Waals surface area contributed by atoms with Gasteiger partial charge < -0.3 is 19.4 Å². The molecule has 2 amide bonds. The highest BCUT2D eigenvalue weighted by atomic mass is 16.5. The van der Waals surface area contributed by atoms with Crippen molar-refractivity contribution in [1.82, 2.24) is 10.2 Å². The SMILES string of the molecule is CCCNC(=O)c1ccc(COc2ccc3c(c2)[C@@H](c2ccccc2)N(C(=O)C2CC2)CC3)o1. The molecule has 1 aliphatic heterocycles. The molecule has 1 fully saturated rings. The number of furan rings is 1. The molecule has 2 aliphatic rings. The first kappa shape index (κ1) is 22.3. The summed E-state index contributed by atoms with van der Waals surface area (Å²) >= 11 is 0. The first-order chi connectivity index (χ1) is 16.6. The van der Waals surface area contributed by atoms with E-state index < -0.39 is 0 Å².